The van der Waals surface area contributed by atoms with E-state index in [4.69, 9.17) is 5.73 Å². The summed E-state index contributed by atoms with van der Waals surface area (Å²) in [4.78, 5) is 2.52. The maximum absolute atomic E-state index is 5.62. The van der Waals surface area contributed by atoms with Crippen LogP contribution < -0.4 is 5.73 Å². The molecule has 0 spiro atoms. The van der Waals surface area contributed by atoms with E-state index in [2.05, 4.69) is 22.8 Å². The molecule has 1 saturated heterocycles. The zero-order valence-electron chi connectivity index (χ0n) is 11.0. The van der Waals surface area contributed by atoms with Crippen molar-refractivity contribution in [3.05, 3.63) is 35.4 Å². The first-order chi connectivity index (χ1) is 8.88. The van der Waals surface area contributed by atoms with E-state index in [0.29, 0.717) is 6.54 Å². The number of nitrogens with zero attached hydrogens (tertiary/aromatic N) is 1. The number of hydrogen-bond acceptors (Lipinski definition) is 2. The molecule has 0 unspecified atom stereocenters. The summed E-state index contributed by atoms with van der Waals surface area (Å²) >= 11 is 0. The van der Waals surface area contributed by atoms with Gasteiger partial charge >= 0.3 is 0 Å². The molecule has 1 fully saturated rings. The molecule has 2 nitrogen and oxygen atoms in total. The van der Waals surface area contributed by atoms with Gasteiger partial charge < -0.3 is 10.6 Å². The second kappa shape index (κ2) is 7.20. The Kier molecular flexibility index (Phi) is 5.26. The lowest BCUT2D eigenvalue weighted by Gasteiger charge is -2.25. The van der Waals surface area contributed by atoms with Gasteiger partial charge in [0.1, 0.15) is 0 Å². The molecule has 0 amide bonds. The smallest absolute Gasteiger partial charge is 0.0248 e. The Morgan fingerprint density at radius 1 is 1.17 bits per heavy atom. The van der Waals surface area contributed by atoms with Crippen LogP contribution in [0.4, 0.5) is 0 Å². The van der Waals surface area contributed by atoms with E-state index in [9.17, 15) is 0 Å². The summed E-state index contributed by atoms with van der Waals surface area (Å²) in [6, 6.07) is 8.19. The number of hydrogen-bond donors (Lipinski definition) is 1. The second-order valence-electron chi connectivity index (χ2n) is 4.86. The highest BCUT2D eigenvalue weighted by atomic mass is 15.1. The van der Waals surface area contributed by atoms with Gasteiger partial charge in [-0.25, -0.2) is 0 Å². The van der Waals surface area contributed by atoms with E-state index in [1.165, 1.54) is 32.4 Å². The van der Waals surface area contributed by atoms with Crippen LogP contribution in [-0.2, 0) is 6.54 Å². The van der Waals surface area contributed by atoms with Gasteiger partial charge in [0.05, 0.1) is 0 Å². The van der Waals surface area contributed by atoms with E-state index in [1.54, 1.807) is 0 Å². The lowest BCUT2D eigenvalue weighted by Crippen LogP contribution is -2.30. The van der Waals surface area contributed by atoms with Crippen LogP contribution in [0.25, 0.3) is 0 Å². The fourth-order valence-corrected chi connectivity index (χ4v) is 2.34. The van der Waals surface area contributed by atoms with Crippen molar-refractivity contribution in [2.24, 2.45) is 5.73 Å². The fraction of sp³-hybridized carbons (Fsp3) is 0.500. The third-order valence-electron chi connectivity index (χ3n) is 3.40. The maximum atomic E-state index is 5.62. The monoisotopic (exact) mass is 242 g/mol. The molecule has 2 N–H and O–H groups in total. The summed E-state index contributed by atoms with van der Waals surface area (Å²) in [7, 11) is 0. The Labute approximate surface area is 110 Å². The lowest BCUT2D eigenvalue weighted by atomic mass is 10.1. The maximum Gasteiger partial charge on any atom is 0.0248 e. The minimum atomic E-state index is 0.587. The standard InChI is InChI=1S/C16H22N2/c17-14-16-9-6-8-15(13-16)7-2-5-12-18-10-3-1-4-11-18/h6,8-9,13H,1,3-5,10-12,14,17H2. The van der Waals surface area contributed by atoms with Crippen LogP contribution in [0.1, 0.15) is 36.8 Å². The van der Waals surface area contributed by atoms with Gasteiger partial charge in [-0.15, -0.1) is 0 Å². The van der Waals surface area contributed by atoms with Gasteiger partial charge in [0.2, 0.25) is 0 Å². The van der Waals surface area contributed by atoms with Crippen LogP contribution in [0.15, 0.2) is 24.3 Å². The molecular formula is C16H22N2. The molecule has 1 aromatic rings. The third kappa shape index (κ3) is 4.18. The molecule has 96 valence electrons. The van der Waals surface area contributed by atoms with E-state index >= 15 is 0 Å². The molecule has 0 aromatic heterocycles. The van der Waals surface area contributed by atoms with Crippen molar-refractivity contribution in [1.29, 1.82) is 0 Å². The molecule has 0 saturated carbocycles. The lowest BCUT2D eigenvalue weighted by molar-refractivity contribution is 0.234. The summed E-state index contributed by atoms with van der Waals surface area (Å²) in [5, 5.41) is 0. The SMILES string of the molecule is NCc1cccc(C#CCCN2CCCCC2)c1. The molecule has 1 aromatic carbocycles. The average molecular weight is 242 g/mol. The van der Waals surface area contributed by atoms with E-state index < -0.39 is 0 Å². The third-order valence-corrected chi connectivity index (χ3v) is 3.40. The van der Waals surface area contributed by atoms with Gasteiger partial charge in [-0.1, -0.05) is 30.4 Å². The number of nitrogens with two attached hydrogens (primary N) is 1. The first-order valence-electron chi connectivity index (χ1n) is 6.89. The topological polar surface area (TPSA) is 29.3 Å². The summed E-state index contributed by atoms with van der Waals surface area (Å²) in [6.45, 7) is 4.21. The first kappa shape index (κ1) is 13.1. The summed E-state index contributed by atoms with van der Waals surface area (Å²) in [5.41, 5.74) is 7.85. The number of rotatable bonds is 3. The van der Waals surface area contributed by atoms with Crippen LogP contribution in [0, 0.1) is 11.8 Å². The molecular weight excluding hydrogens is 220 g/mol. The molecule has 2 heteroatoms. The van der Waals surface area contributed by atoms with Crippen LogP contribution in [0.3, 0.4) is 0 Å². The highest BCUT2D eigenvalue weighted by molar-refractivity contribution is 5.37. The van der Waals surface area contributed by atoms with E-state index in [0.717, 1.165) is 24.1 Å². The molecule has 18 heavy (non-hydrogen) atoms. The van der Waals surface area contributed by atoms with E-state index in [1.807, 2.05) is 18.2 Å². The number of likely N-dealkylation sites (tertiary alicyclic amines) is 1. The Morgan fingerprint density at radius 3 is 2.78 bits per heavy atom. The van der Waals surface area contributed by atoms with Gasteiger partial charge in [0.25, 0.3) is 0 Å². The molecule has 0 aliphatic carbocycles. The van der Waals surface area contributed by atoms with Crippen molar-refractivity contribution >= 4 is 0 Å². The molecule has 1 aliphatic heterocycles. The quantitative estimate of drug-likeness (QED) is 0.825. The Hall–Kier alpha value is -1.30. The second-order valence-corrected chi connectivity index (χ2v) is 4.86. The predicted octanol–water partition coefficient (Wildman–Crippen LogP) is 2.37. The van der Waals surface area contributed by atoms with Crippen LogP contribution >= 0.6 is 0 Å². The zero-order valence-corrected chi connectivity index (χ0v) is 11.0. The molecule has 0 radical (unpaired) electrons. The van der Waals surface area contributed by atoms with Crippen molar-refractivity contribution < 1.29 is 0 Å². The molecule has 0 bridgehead atoms. The van der Waals surface area contributed by atoms with Gasteiger partial charge in [-0.05, 0) is 43.6 Å². The van der Waals surface area contributed by atoms with Crippen LogP contribution in [-0.4, -0.2) is 24.5 Å². The van der Waals surface area contributed by atoms with Gasteiger partial charge in [0.15, 0.2) is 0 Å². The molecule has 2 rings (SSSR count). The number of benzene rings is 1. The normalized spacial score (nSPS) is 16.1. The van der Waals surface area contributed by atoms with Crippen LogP contribution in [0.2, 0.25) is 0 Å². The highest BCUT2D eigenvalue weighted by Gasteiger charge is 2.07. The summed E-state index contributed by atoms with van der Waals surface area (Å²) < 4.78 is 0. The Balaban J connectivity index is 1.80. The zero-order chi connectivity index (χ0) is 12.6. The van der Waals surface area contributed by atoms with Crippen molar-refractivity contribution in [3.8, 4) is 11.8 Å². The summed E-state index contributed by atoms with van der Waals surface area (Å²) in [5.74, 6) is 6.49. The number of piperidine rings is 1. The highest BCUT2D eigenvalue weighted by Crippen LogP contribution is 2.08. The Morgan fingerprint density at radius 2 is 2.00 bits per heavy atom. The Bertz CT molecular complexity index is 422. The molecule has 0 atom stereocenters. The largest absolute Gasteiger partial charge is 0.326 e. The van der Waals surface area contributed by atoms with Crippen molar-refractivity contribution in [2.45, 2.75) is 32.2 Å². The van der Waals surface area contributed by atoms with Crippen molar-refractivity contribution in [2.75, 3.05) is 19.6 Å². The van der Waals surface area contributed by atoms with Gasteiger partial charge in [-0.2, -0.15) is 0 Å². The van der Waals surface area contributed by atoms with Gasteiger partial charge in [-0.3, -0.25) is 0 Å². The first-order valence-corrected chi connectivity index (χ1v) is 6.89. The minimum Gasteiger partial charge on any atom is -0.326 e. The predicted molar refractivity (Wildman–Crippen MR) is 76.1 cm³/mol. The molecule has 1 aliphatic rings. The van der Waals surface area contributed by atoms with Crippen molar-refractivity contribution in [3.63, 3.8) is 0 Å². The average Bonchev–Trinajstić information content (AvgIpc) is 2.45. The van der Waals surface area contributed by atoms with Crippen molar-refractivity contribution in [1.82, 2.24) is 4.90 Å². The minimum absolute atomic E-state index is 0.587. The summed E-state index contributed by atoms with van der Waals surface area (Å²) in [6.07, 6.45) is 5.07. The molecule has 1 heterocycles. The van der Waals surface area contributed by atoms with Crippen LogP contribution in [0.5, 0.6) is 0 Å². The van der Waals surface area contributed by atoms with E-state index in [-0.39, 0.29) is 0 Å². The van der Waals surface area contributed by atoms with Gasteiger partial charge in [0, 0.05) is 25.1 Å². The fourth-order valence-electron chi connectivity index (χ4n) is 2.34.